The number of piperidine rings is 1. The maximum atomic E-state index is 11.7. The van der Waals surface area contributed by atoms with Crippen molar-refractivity contribution in [1.82, 2.24) is 4.90 Å². The maximum Gasteiger partial charge on any atom is 0.332 e. The number of nitrogens with zero attached hydrogens (tertiary/aromatic N) is 1. The summed E-state index contributed by atoms with van der Waals surface area (Å²) in [6.07, 6.45) is 2.26. The van der Waals surface area contributed by atoms with Gasteiger partial charge in [-0.2, -0.15) is 0 Å². The molecule has 0 aliphatic carbocycles. The summed E-state index contributed by atoms with van der Waals surface area (Å²) in [6.45, 7) is 4.05. The third-order valence-electron chi connectivity index (χ3n) is 2.93. The van der Waals surface area contributed by atoms with E-state index < -0.39 is 12.1 Å². The third kappa shape index (κ3) is 3.48. The van der Waals surface area contributed by atoms with E-state index in [4.69, 9.17) is 9.84 Å². The van der Waals surface area contributed by atoms with E-state index in [1.807, 2.05) is 6.92 Å². The summed E-state index contributed by atoms with van der Waals surface area (Å²) < 4.78 is 4.98. The predicted octanol–water partition coefficient (Wildman–Crippen LogP) is 0.877. The molecule has 16 heavy (non-hydrogen) atoms. The Kier molecular flexibility index (Phi) is 4.73. The lowest BCUT2D eigenvalue weighted by molar-refractivity contribution is -0.153. The van der Waals surface area contributed by atoms with Crippen LogP contribution in [0.5, 0.6) is 0 Å². The number of rotatable bonds is 4. The molecule has 5 heteroatoms. The van der Waals surface area contributed by atoms with E-state index in [0.29, 0.717) is 0 Å². The van der Waals surface area contributed by atoms with Crippen LogP contribution in [-0.2, 0) is 14.3 Å². The number of hydrogen-bond donors (Lipinski definition) is 1. The van der Waals surface area contributed by atoms with Crippen LogP contribution in [0.4, 0.5) is 0 Å². The molecule has 0 saturated carbocycles. The Morgan fingerprint density at radius 3 is 2.75 bits per heavy atom. The summed E-state index contributed by atoms with van der Waals surface area (Å²) in [5, 5.41) is 8.61. The highest BCUT2D eigenvalue weighted by Gasteiger charge is 2.24. The molecule has 2 atom stereocenters. The molecular weight excluding hydrogens is 210 g/mol. The number of likely N-dealkylation sites (tertiary alicyclic amines) is 1. The molecule has 0 aromatic heterocycles. The normalized spacial score (nSPS) is 22.9. The van der Waals surface area contributed by atoms with Gasteiger partial charge in [0, 0.05) is 12.6 Å². The summed E-state index contributed by atoms with van der Waals surface area (Å²) in [5.74, 6) is -1.15. The number of carbonyl (C=O) groups excluding carboxylic acids is 1. The van der Waals surface area contributed by atoms with E-state index in [1.165, 1.54) is 6.92 Å². The Morgan fingerprint density at radius 2 is 2.19 bits per heavy atom. The molecule has 1 fully saturated rings. The standard InChI is InChI=1S/C11H19NO4/c1-8-5-3-4-6-12(8)10(13)7-16-9(2)11(14)15/h8-9H,3-7H2,1-2H3,(H,14,15)/t8?,9-/m1/s1. The molecule has 1 unspecified atom stereocenters. The second-order valence-corrected chi connectivity index (χ2v) is 4.22. The van der Waals surface area contributed by atoms with Crippen molar-refractivity contribution < 1.29 is 19.4 Å². The van der Waals surface area contributed by atoms with Crippen molar-refractivity contribution in [2.24, 2.45) is 0 Å². The molecule has 1 N–H and O–H groups in total. The monoisotopic (exact) mass is 229 g/mol. The molecule has 1 heterocycles. The highest BCUT2D eigenvalue weighted by Crippen LogP contribution is 2.16. The van der Waals surface area contributed by atoms with E-state index >= 15 is 0 Å². The summed E-state index contributed by atoms with van der Waals surface area (Å²) in [5.41, 5.74) is 0. The van der Waals surface area contributed by atoms with E-state index in [9.17, 15) is 9.59 Å². The number of carbonyl (C=O) groups is 2. The van der Waals surface area contributed by atoms with Crippen molar-refractivity contribution in [3.8, 4) is 0 Å². The second kappa shape index (κ2) is 5.84. The summed E-state index contributed by atoms with van der Waals surface area (Å²) in [7, 11) is 0. The minimum absolute atomic E-state index is 0.111. The number of ether oxygens (including phenoxy) is 1. The van der Waals surface area contributed by atoms with Crippen LogP contribution in [0.25, 0.3) is 0 Å². The zero-order valence-corrected chi connectivity index (χ0v) is 9.81. The lowest BCUT2D eigenvalue weighted by Crippen LogP contribution is -2.44. The molecule has 0 spiro atoms. The Balaban J connectivity index is 2.36. The molecule has 1 saturated heterocycles. The highest BCUT2D eigenvalue weighted by atomic mass is 16.5. The number of amides is 1. The smallest absolute Gasteiger partial charge is 0.332 e. The molecule has 1 aliphatic rings. The van der Waals surface area contributed by atoms with Crippen molar-refractivity contribution in [1.29, 1.82) is 0 Å². The van der Waals surface area contributed by atoms with Crippen LogP contribution < -0.4 is 0 Å². The van der Waals surface area contributed by atoms with E-state index in [-0.39, 0.29) is 18.6 Å². The van der Waals surface area contributed by atoms with Gasteiger partial charge in [0.1, 0.15) is 6.61 Å². The van der Waals surface area contributed by atoms with Gasteiger partial charge in [-0.15, -0.1) is 0 Å². The first-order chi connectivity index (χ1) is 7.52. The van der Waals surface area contributed by atoms with Gasteiger partial charge in [0.15, 0.2) is 6.10 Å². The van der Waals surface area contributed by atoms with Crippen molar-refractivity contribution in [3.63, 3.8) is 0 Å². The maximum absolute atomic E-state index is 11.7. The van der Waals surface area contributed by atoms with Crippen LogP contribution in [0.3, 0.4) is 0 Å². The Morgan fingerprint density at radius 1 is 1.50 bits per heavy atom. The lowest BCUT2D eigenvalue weighted by Gasteiger charge is -2.33. The Labute approximate surface area is 95.4 Å². The topological polar surface area (TPSA) is 66.8 Å². The average Bonchev–Trinajstić information content (AvgIpc) is 2.25. The Hall–Kier alpha value is -1.10. The molecule has 0 aromatic carbocycles. The van der Waals surface area contributed by atoms with Gasteiger partial charge in [-0.25, -0.2) is 4.79 Å². The summed E-state index contributed by atoms with van der Waals surface area (Å²) >= 11 is 0. The van der Waals surface area contributed by atoms with Gasteiger partial charge in [-0.1, -0.05) is 0 Å². The van der Waals surface area contributed by atoms with Crippen LogP contribution >= 0.6 is 0 Å². The SMILES string of the molecule is CC1CCCCN1C(=O)CO[C@H](C)C(=O)O. The minimum Gasteiger partial charge on any atom is -0.479 e. The van der Waals surface area contributed by atoms with Crippen LogP contribution in [0, 0.1) is 0 Å². The first-order valence-corrected chi connectivity index (χ1v) is 5.66. The average molecular weight is 229 g/mol. The lowest BCUT2D eigenvalue weighted by atomic mass is 10.0. The second-order valence-electron chi connectivity index (χ2n) is 4.22. The first kappa shape index (κ1) is 13.0. The zero-order chi connectivity index (χ0) is 12.1. The summed E-state index contributed by atoms with van der Waals surface area (Å²) in [4.78, 5) is 24.0. The van der Waals surface area contributed by atoms with Crippen LogP contribution in [0.15, 0.2) is 0 Å². The van der Waals surface area contributed by atoms with Crippen molar-refractivity contribution in [3.05, 3.63) is 0 Å². The fourth-order valence-corrected chi connectivity index (χ4v) is 1.82. The molecule has 1 amide bonds. The molecule has 0 bridgehead atoms. The zero-order valence-electron chi connectivity index (χ0n) is 9.81. The van der Waals surface area contributed by atoms with Gasteiger partial charge in [0.2, 0.25) is 5.91 Å². The largest absolute Gasteiger partial charge is 0.479 e. The fourth-order valence-electron chi connectivity index (χ4n) is 1.82. The molecular formula is C11H19NO4. The number of carboxylic acids is 1. The molecule has 0 radical (unpaired) electrons. The van der Waals surface area contributed by atoms with Crippen molar-refractivity contribution in [2.45, 2.75) is 45.3 Å². The number of aliphatic carboxylic acids is 1. The third-order valence-corrected chi connectivity index (χ3v) is 2.93. The van der Waals surface area contributed by atoms with Gasteiger partial charge < -0.3 is 14.7 Å². The van der Waals surface area contributed by atoms with Gasteiger partial charge in [-0.05, 0) is 33.1 Å². The van der Waals surface area contributed by atoms with Crippen LogP contribution in [-0.4, -0.2) is 47.2 Å². The number of carboxylic acid groups (broad SMARTS) is 1. The molecule has 1 rings (SSSR count). The van der Waals surface area contributed by atoms with Gasteiger partial charge in [0.25, 0.3) is 0 Å². The predicted molar refractivity (Wildman–Crippen MR) is 58.1 cm³/mol. The minimum atomic E-state index is -1.04. The van der Waals surface area contributed by atoms with Crippen LogP contribution in [0.1, 0.15) is 33.1 Å². The molecule has 92 valence electrons. The number of hydrogen-bond acceptors (Lipinski definition) is 3. The first-order valence-electron chi connectivity index (χ1n) is 5.66. The van der Waals surface area contributed by atoms with Crippen LogP contribution in [0.2, 0.25) is 0 Å². The van der Waals surface area contributed by atoms with Crippen molar-refractivity contribution >= 4 is 11.9 Å². The quantitative estimate of drug-likeness (QED) is 0.777. The fraction of sp³-hybridized carbons (Fsp3) is 0.818. The van der Waals surface area contributed by atoms with Gasteiger partial charge in [-0.3, -0.25) is 4.79 Å². The highest BCUT2D eigenvalue weighted by molar-refractivity contribution is 5.78. The van der Waals surface area contributed by atoms with E-state index in [0.717, 1.165) is 25.8 Å². The van der Waals surface area contributed by atoms with Crippen molar-refractivity contribution in [2.75, 3.05) is 13.2 Å². The Bertz CT molecular complexity index is 267. The summed E-state index contributed by atoms with van der Waals surface area (Å²) in [6, 6.07) is 0.241. The molecule has 1 aliphatic heterocycles. The molecule has 0 aromatic rings. The van der Waals surface area contributed by atoms with Gasteiger partial charge >= 0.3 is 5.97 Å². The van der Waals surface area contributed by atoms with E-state index in [2.05, 4.69) is 0 Å². The van der Waals surface area contributed by atoms with E-state index in [1.54, 1.807) is 4.90 Å². The molecule has 5 nitrogen and oxygen atoms in total. The van der Waals surface area contributed by atoms with Gasteiger partial charge in [0.05, 0.1) is 0 Å².